The number of benzene rings is 1. The summed E-state index contributed by atoms with van der Waals surface area (Å²) in [5, 5.41) is 11.3. The lowest BCUT2D eigenvalue weighted by molar-refractivity contribution is -0.384. The Hall–Kier alpha value is -3.69. The summed E-state index contributed by atoms with van der Waals surface area (Å²) >= 11 is 0. The molecule has 0 amide bonds. The SMILES string of the molecule is CCOC(=O)CN1C(C)=C(C(=O)OC)C(c2cccc([N+](=O)[O-])c2)C(C(=O)OC)=C1C. The van der Waals surface area contributed by atoms with Crippen LogP contribution in [-0.2, 0) is 28.6 Å². The largest absolute Gasteiger partial charge is 0.466 e. The molecule has 31 heavy (non-hydrogen) atoms. The molecular formula is C21H24N2O8. The number of esters is 3. The predicted molar refractivity (Wildman–Crippen MR) is 109 cm³/mol. The normalized spacial score (nSPS) is 14.4. The molecule has 1 heterocycles. The second-order valence-electron chi connectivity index (χ2n) is 6.66. The van der Waals surface area contributed by atoms with E-state index < -0.39 is 28.7 Å². The van der Waals surface area contributed by atoms with E-state index in [2.05, 4.69) is 0 Å². The highest BCUT2D eigenvalue weighted by molar-refractivity contribution is 6.00. The highest BCUT2D eigenvalue weighted by atomic mass is 16.6. The van der Waals surface area contributed by atoms with Gasteiger partial charge in [-0.15, -0.1) is 0 Å². The van der Waals surface area contributed by atoms with Gasteiger partial charge < -0.3 is 19.1 Å². The highest BCUT2D eigenvalue weighted by Crippen LogP contribution is 2.43. The molecule has 0 aromatic heterocycles. The first-order chi connectivity index (χ1) is 14.7. The van der Waals surface area contributed by atoms with E-state index in [1.165, 1.54) is 37.3 Å². The summed E-state index contributed by atoms with van der Waals surface area (Å²) in [4.78, 5) is 49.9. The van der Waals surface area contributed by atoms with Crippen molar-refractivity contribution in [1.82, 2.24) is 4.90 Å². The summed E-state index contributed by atoms with van der Waals surface area (Å²) in [6, 6.07) is 5.64. The lowest BCUT2D eigenvalue weighted by Gasteiger charge is -2.37. The fraction of sp³-hybridized carbons (Fsp3) is 0.381. The van der Waals surface area contributed by atoms with Gasteiger partial charge in [0.1, 0.15) is 6.54 Å². The van der Waals surface area contributed by atoms with E-state index in [1.54, 1.807) is 26.8 Å². The van der Waals surface area contributed by atoms with Crippen molar-refractivity contribution in [3.63, 3.8) is 0 Å². The van der Waals surface area contributed by atoms with Gasteiger partial charge in [0, 0.05) is 23.5 Å². The van der Waals surface area contributed by atoms with E-state index in [1.807, 2.05) is 0 Å². The fourth-order valence-electron chi connectivity index (χ4n) is 3.58. The minimum Gasteiger partial charge on any atom is -0.466 e. The topological polar surface area (TPSA) is 125 Å². The molecule has 1 aromatic rings. The molecule has 0 spiro atoms. The van der Waals surface area contributed by atoms with Crippen LogP contribution in [0.4, 0.5) is 5.69 Å². The van der Waals surface area contributed by atoms with Crippen LogP contribution in [0.15, 0.2) is 46.8 Å². The van der Waals surface area contributed by atoms with E-state index in [4.69, 9.17) is 14.2 Å². The quantitative estimate of drug-likeness (QED) is 0.276. The number of carbonyl (C=O) groups is 3. The molecule has 0 atom stereocenters. The molecule has 1 aromatic carbocycles. The van der Waals surface area contributed by atoms with Gasteiger partial charge in [0.2, 0.25) is 0 Å². The van der Waals surface area contributed by atoms with E-state index in [-0.39, 0.29) is 30.0 Å². The first-order valence-electron chi connectivity index (χ1n) is 9.43. The van der Waals surface area contributed by atoms with E-state index >= 15 is 0 Å². The number of carbonyl (C=O) groups excluding carboxylic acids is 3. The Morgan fingerprint density at radius 2 is 1.61 bits per heavy atom. The molecule has 0 aliphatic carbocycles. The van der Waals surface area contributed by atoms with Gasteiger partial charge in [-0.3, -0.25) is 14.9 Å². The van der Waals surface area contributed by atoms with Gasteiger partial charge >= 0.3 is 17.9 Å². The number of hydrogen-bond donors (Lipinski definition) is 0. The maximum Gasteiger partial charge on any atom is 0.336 e. The van der Waals surface area contributed by atoms with Crippen molar-refractivity contribution >= 4 is 23.6 Å². The van der Waals surface area contributed by atoms with Crippen LogP contribution >= 0.6 is 0 Å². The Morgan fingerprint density at radius 1 is 1.06 bits per heavy atom. The molecular weight excluding hydrogens is 408 g/mol. The van der Waals surface area contributed by atoms with Crippen LogP contribution in [0.1, 0.15) is 32.3 Å². The number of nitro groups is 1. The van der Waals surface area contributed by atoms with Gasteiger partial charge in [-0.05, 0) is 26.3 Å². The Balaban J connectivity index is 2.78. The Kier molecular flexibility index (Phi) is 7.51. The van der Waals surface area contributed by atoms with Crippen LogP contribution < -0.4 is 0 Å². The molecule has 1 aliphatic rings. The number of rotatable bonds is 7. The van der Waals surface area contributed by atoms with Gasteiger partial charge in [-0.2, -0.15) is 0 Å². The van der Waals surface area contributed by atoms with E-state index in [0.29, 0.717) is 17.0 Å². The van der Waals surface area contributed by atoms with Crippen molar-refractivity contribution in [2.45, 2.75) is 26.7 Å². The molecule has 0 saturated heterocycles. The predicted octanol–water partition coefficient (Wildman–Crippen LogP) is 2.45. The minimum absolute atomic E-state index is 0.0679. The number of non-ortho nitro benzene ring substituents is 1. The molecule has 0 fully saturated rings. The van der Waals surface area contributed by atoms with Crippen LogP contribution in [0, 0.1) is 10.1 Å². The van der Waals surface area contributed by atoms with Gasteiger partial charge in [0.25, 0.3) is 5.69 Å². The van der Waals surface area contributed by atoms with Gasteiger partial charge in [0.15, 0.2) is 0 Å². The maximum absolute atomic E-state index is 12.8. The van der Waals surface area contributed by atoms with Crippen molar-refractivity contribution in [2.75, 3.05) is 27.4 Å². The summed E-state index contributed by atoms with van der Waals surface area (Å²) in [5.74, 6) is -3.02. The first-order valence-corrected chi connectivity index (χ1v) is 9.43. The Bertz CT molecular complexity index is 939. The second-order valence-corrected chi connectivity index (χ2v) is 6.66. The smallest absolute Gasteiger partial charge is 0.336 e. The summed E-state index contributed by atoms with van der Waals surface area (Å²) in [6.45, 7) is 4.80. The van der Waals surface area contributed by atoms with Crippen molar-refractivity contribution < 1.29 is 33.5 Å². The molecule has 166 valence electrons. The number of methoxy groups -OCH3 is 2. The summed E-state index contributed by atoms with van der Waals surface area (Å²) in [6.07, 6.45) is 0. The van der Waals surface area contributed by atoms with Gasteiger partial charge in [0.05, 0.1) is 42.8 Å². The lowest BCUT2D eigenvalue weighted by Crippen LogP contribution is -2.38. The lowest BCUT2D eigenvalue weighted by atomic mass is 9.79. The van der Waals surface area contributed by atoms with Crippen LogP contribution in [-0.4, -0.2) is 55.1 Å². The summed E-state index contributed by atoms with van der Waals surface area (Å²) in [7, 11) is 2.37. The zero-order valence-electron chi connectivity index (χ0n) is 18.0. The average Bonchev–Trinajstić information content (AvgIpc) is 2.75. The average molecular weight is 432 g/mol. The molecule has 0 radical (unpaired) electrons. The maximum atomic E-state index is 12.8. The number of allylic oxidation sites excluding steroid dienone is 2. The molecule has 0 unspecified atom stereocenters. The molecule has 1 aliphatic heterocycles. The van der Waals surface area contributed by atoms with Crippen LogP contribution in [0.3, 0.4) is 0 Å². The number of ether oxygens (including phenoxy) is 3. The number of hydrogen-bond acceptors (Lipinski definition) is 9. The standard InChI is InChI=1S/C21H24N2O8/c1-6-31-16(24)11-22-12(2)17(20(25)29-4)19(18(13(22)3)21(26)30-5)14-8-7-9-15(10-14)23(27)28/h7-10,19H,6,11H2,1-5H3. The highest BCUT2D eigenvalue weighted by Gasteiger charge is 2.41. The monoisotopic (exact) mass is 432 g/mol. The third-order valence-electron chi connectivity index (χ3n) is 4.98. The van der Waals surface area contributed by atoms with E-state index in [9.17, 15) is 24.5 Å². The number of nitro benzene ring substituents is 1. The summed E-state index contributed by atoms with van der Waals surface area (Å²) in [5.41, 5.74) is 0.999. The Morgan fingerprint density at radius 3 is 2.06 bits per heavy atom. The zero-order chi connectivity index (χ0) is 23.3. The van der Waals surface area contributed by atoms with E-state index in [0.717, 1.165) is 0 Å². The van der Waals surface area contributed by atoms with Gasteiger partial charge in [-0.1, -0.05) is 12.1 Å². The molecule has 10 heteroatoms. The van der Waals surface area contributed by atoms with Crippen LogP contribution in [0.2, 0.25) is 0 Å². The van der Waals surface area contributed by atoms with Crippen molar-refractivity contribution in [3.05, 3.63) is 62.5 Å². The minimum atomic E-state index is -0.988. The second kappa shape index (κ2) is 9.88. The van der Waals surface area contributed by atoms with Crippen molar-refractivity contribution in [2.24, 2.45) is 0 Å². The number of nitrogens with zero attached hydrogens (tertiary/aromatic N) is 2. The third-order valence-corrected chi connectivity index (χ3v) is 4.98. The first kappa shape index (κ1) is 23.6. The molecule has 0 bridgehead atoms. The fourth-order valence-corrected chi connectivity index (χ4v) is 3.58. The third kappa shape index (κ3) is 4.73. The van der Waals surface area contributed by atoms with Crippen molar-refractivity contribution in [1.29, 1.82) is 0 Å². The molecule has 0 N–H and O–H groups in total. The van der Waals surface area contributed by atoms with Crippen molar-refractivity contribution in [3.8, 4) is 0 Å². The summed E-state index contributed by atoms with van der Waals surface area (Å²) < 4.78 is 14.9. The van der Waals surface area contributed by atoms with Gasteiger partial charge in [-0.25, -0.2) is 9.59 Å². The van der Waals surface area contributed by atoms with Crippen LogP contribution in [0.5, 0.6) is 0 Å². The molecule has 0 saturated carbocycles. The Labute approximate surface area is 179 Å². The molecule has 10 nitrogen and oxygen atoms in total. The van der Waals surface area contributed by atoms with Crippen LogP contribution in [0.25, 0.3) is 0 Å². The molecule has 2 rings (SSSR count). The zero-order valence-corrected chi connectivity index (χ0v) is 18.0.